The maximum Gasteiger partial charge on any atom is 0.175 e. The number of piperidine rings is 1. The summed E-state index contributed by atoms with van der Waals surface area (Å²) >= 11 is 0. The van der Waals surface area contributed by atoms with Crippen LogP contribution in [-0.4, -0.2) is 60.6 Å². The normalized spacial score (nSPS) is 23.4. The molecule has 2 aromatic rings. The Bertz CT molecular complexity index is 1070. The van der Waals surface area contributed by atoms with Gasteiger partial charge in [-0.3, -0.25) is 4.90 Å². The second-order valence-electron chi connectivity index (χ2n) is 9.31. The number of benzene rings is 2. The fraction of sp³-hybridized carbons (Fsp3) is 0.520. The molecule has 3 atom stereocenters. The first-order valence-corrected chi connectivity index (χ1v) is 13.5. The molecule has 1 heterocycles. The molecule has 0 bridgehead atoms. The number of sulfone groups is 1. The smallest absolute Gasteiger partial charge is 0.175 e. The van der Waals surface area contributed by atoms with Crippen molar-refractivity contribution in [1.82, 2.24) is 4.90 Å². The van der Waals surface area contributed by atoms with Crippen molar-refractivity contribution in [3.8, 4) is 17.2 Å². The van der Waals surface area contributed by atoms with E-state index >= 15 is 0 Å². The zero-order valence-electron chi connectivity index (χ0n) is 19.0. The fourth-order valence-electron chi connectivity index (χ4n) is 5.22. The lowest BCUT2D eigenvalue weighted by Gasteiger charge is -2.39. The molecule has 2 aromatic carbocycles. The molecule has 0 saturated carbocycles. The van der Waals surface area contributed by atoms with Crippen LogP contribution in [-0.2, 0) is 16.3 Å². The Morgan fingerprint density at radius 1 is 1.12 bits per heavy atom. The summed E-state index contributed by atoms with van der Waals surface area (Å²) < 4.78 is 30.0. The Morgan fingerprint density at radius 3 is 2.58 bits per heavy atom. The molecule has 3 N–H and O–H groups in total. The predicted octanol–water partition coefficient (Wildman–Crippen LogP) is 3.42. The lowest BCUT2D eigenvalue weighted by molar-refractivity contribution is 0.0451. The van der Waals surface area contributed by atoms with Gasteiger partial charge in [-0.05, 0) is 74.9 Å². The van der Waals surface area contributed by atoms with E-state index < -0.39 is 15.9 Å². The Kier molecular flexibility index (Phi) is 7.16. The Morgan fingerprint density at radius 2 is 1.88 bits per heavy atom. The standard InChI is InChI=1S/C25H33NO6S/c1-33(30,31)20-9-7-19(8-10-20)32-25-22-13-18(28)14-24(29)21(22)15-23(25)26-11-4-6-17(16-26)5-2-3-12-27/h7-10,13-14,17,23,25,27-29H,2-6,11-12,15-16H2,1H3. The lowest BCUT2D eigenvalue weighted by Crippen LogP contribution is -2.45. The van der Waals surface area contributed by atoms with Gasteiger partial charge in [0.1, 0.15) is 23.4 Å². The number of likely N-dealkylation sites (tertiary alicyclic amines) is 1. The number of hydrogen-bond donors (Lipinski definition) is 3. The van der Waals surface area contributed by atoms with E-state index in [-0.39, 0.29) is 29.0 Å². The van der Waals surface area contributed by atoms with Gasteiger partial charge in [0.05, 0.1) is 10.9 Å². The molecular weight excluding hydrogens is 442 g/mol. The number of hydrogen-bond acceptors (Lipinski definition) is 7. The topological polar surface area (TPSA) is 107 Å². The van der Waals surface area contributed by atoms with Gasteiger partial charge in [0.25, 0.3) is 0 Å². The minimum atomic E-state index is -3.30. The van der Waals surface area contributed by atoms with Crippen molar-refractivity contribution in [2.75, 3.05) is 26.0 Å². The van der Waals surface area contributed by atoms with Crippen LogP contribution in [0.25, 0.3) is 0 Å². The molecule has 1 saturated heterocycles. The fourth-order valence-corrected chi connectivity index (χ4v) is 5.85. The molecule has 4 rings (SSSR count). The second-order valence-corrected chi connectivity index (χ2v) is 11.3. The van der Waals surface area contributed by atoms with Crippen molar-refractivity contribution in [2.45, 2.75) is 55.6 Å². The number of ether oxygens (including phenoxy) is 1. The molecule has 3 unspecified atom stereocenters. The largest absolute Gasteiger partial charge is 0.508 e. The molecule has 180 valence electrons. The summed E-state index contributed by atoms with van der Waals surface area (Å²) in [4.78, 5) is 2.66. The van der Waals surface area contributed by atoms with Gasteiger partial charge in [0.2, 0.25) is 0 Å². The number of nitrogens with zero attached hydrogens (tertiary/aromatic N) is 1. The highest BCUT2D eigenvalue weighted by molar-refractivity contribution is 7.90. The number of fused-ring (bicyclic) bond motifs is 1. The van der Waals surface area contributed by atoms with Gasteiger partial charge in [-0.15, -0.1) is 0 Å². The summed E-state index contributed by atoms with van der Waals surface area (Å²) in [6, 6.07) is 9.41. The first-order valence-electron chi connectivity index (χ1n) is 11.6. The molecule has 33 heavy (non-hydrogen) atoms. The van der Waals surface area contributed by atoms with Crippen LogP contribution in [0, 0.1) is 5.92 Å². The lowest BCUT2D eigenvalue weighted by atomic mass is 9.91. The summed E-state index contributed by atoms with van der Waals surface area (Å²) in [5.41, 5.74) is 1.56. The molecule has 0 spiro atoms. The van der Waals surface area contributed by atoms with E-state index in [1.54, 1.807) is 18.2 Å². The van der Waals surface area contributed by atoms with Gasteiger partial charge in [0.15, 0.2) is 9.84 Å². The van der Waals surface area contributed by atoms with Crippen LogP contribution < -0.4 is 4.74 Å². The Balaban J connectivity index is 1.59. The minimum Gasteiger partial charge on any atom is -0.508 e. The van der Waals surface area contributed by atoms with Crippen LogP contribution in [0.15, 0.2) is 41.3 Å². The van der Waals surface area contributed by atoms with Crippen LogP contribution in [0.2, 0.25) is 0 Å². The molecular formula is C25H33NO6S. The third kappa shape index (κ3) is 5.45. The quantitative estimate of drug-likeness (QED) is 0.502. The number of rotatable bonds is 8. The van der Waals surface area contributed by atoms with E-state index in [1.807, 2.05) is 0 Å². The first-order chi connectivity index (χ1) is 15.8. The van der Waals surface area contributed by atoms with Crippen LogP contribution in [0.1, 0.15) is 49.3 Å². The van der Waals surface area contributed by atoms with Gasteiger partial charge in [-0.1, -0.05) is 6.42 Å². The van der Waals surface area contributed by atoms with E-state index in [1.165, 1.54) is 30.9 Å². The molecule has 0 aromatic heterocycles. The van der Waals surface area contributed by atoms with Crippen molar-refractivity contribution < 1.29 is 28.5 Å². The SMILES string of the molecule is CS(=O)(=O)c1ccc(OC2c3cc(O)cc(O)c3CC2N2CCCC(CCCCO)C2)cc1. The van der Waals surface area contributed by atoms with E-state index in [9.17, 15) is 18.6 Å². The first kappa shape index (κ1) is 23.9. The van der Waals surface area contributed by atoms with Gasteiger partial charge < -0.3 is 20.1 Å². The molecule has 8 heteroatoms. The molecule has 0 amide bonds. The van der Waals surface area contributed by atoms with Crippen LogP contribution in [0.5, 0.6) is 17.2 Å². The highest BCUT2D eigenvalue weighted by Gasteiger charge is 2.41. The Labute approximate surface area is 195 Å². The minimum absolute atomic E-state index is 0.00271. The van der Waals surface area contributed by atoms with Gasteiger partial charge in [-0.25, -0.2) is 8.42 Å². The monoisotopic (exact) mass is 475 g/mol. The van der Waals surface area contributed by atoms with Crippen molar-refractivity contribution in [2.24, 2.45) is 5.92 Å². The molecule has 1 aliphatic heterocycles. The number of phenols is 2. The van der Waals surface area contributed by atoms with Gasteiger partial charge >= 0.3 is 0 Å². The summed E-state index contributed by atoms with van der Waals surface area (Å²) in [5, 5.41) is 29.7. The number of unbranched alkanes of at least 4 members (excludes halogenated alkanes) is 1. The maximum absolute atomic E-state index is 11.8. The molecule has 2 aliphatic rings. The van der Waals surface area contributed by atoms with Gasteiger partial charge in [-0.2, -0.15) is 0 Å². The summed E-state index contributed by atoms with van der Waals surface area (Å²) in [6.45, 7) is 2.10. The summed E-state index contributed by atoms with van der Waals surface area (Å²) in [6.07, 6.45) is 6.59. The molecule has 7 nitrogen and oxygen atoms in total. The van der Waals surface area contributed by atoms with E-state index in [2.05, 4.69) is 4.90 Å². The average molecular weight is 476 g/mol. The number of aliphatic hydroxyl groups excluding tert-OH is 1. The molecule has 1 fully saturated rings. The van der Waals surface area contributed by atoms with Gasteiger partial charge in [0, 0.05) is 36.6 Å². The second kappa shape index (κ2) is 9.91. The van der Waals surface area contributed by atoms with Crippen molar-refractivity contribution in [3.63, 3.8) is 0 Å². The third-order valence-electron chi connectivity index (χ3n) is 6.87. The van der Waals surface area contributed by atoms with Crippen molar-refractivity contribution in [3.05, 3.63) is 47.5 Å². The third-order valence-corrected chi connectivity index (χ3v) is 8.00. The Hall–Kier alpha value is -2.29. The van der Waals surface area contributed by atoms with Crippen LogP contribution in [0.3, 0.4) is 0 Å². The zero-order valence-corrected chi connectivity index (χ0v) is 19.8. The zero-order chi connectivity index (χ0) is 23.6. The van der Waals surface area contributed by atoms with E-state index in [4.69, 9.17) is 9.84 Å². The molecule has 0 radical (unpaired) electrons. The number of aliphatic hydroxyl groups is 1. The summed E-state index contributed by atoms with van der Waals surface area (Å²) in [7, 11) is -3.30. The average Bonchev–Trinajstić information content (AvgIpc) is 3.12. The highest BCUT2D eigenvalue weighted by atomic mass is 32.2. The highest BCUT2D eigenvalue weighted by Crippen LogP contribution is 2.44. The predicted molar refractivity (Wildman–Crippen MR) is 125 cm³/mol. The van der Waals surface area contributed by atoms with E-state index in [0.717, 1.165) is 49.9 Å². The van der Waals surface area contributed by atoms with Crippen LogP contribution >= 0.6 is 0 Å². The van der Waals surface area contributed by atoms with Crippen molar-refractivity contribution in [1.29, 1.82) is 0 Å². The molecule has 1 aliphatic carbocycles. The number of phenolic OH excluding ortho intramolecular Hbond substituents is 2. The van der Waals surface area contributed by atoms with Crippen LogP contribution in [0.4, 0.5) is 0 Å². The van der Waals surface area contributed by atoms with Crippen molar-refractivity contribution >= 4 is 9.84 Å². The maximum atomic E-state index is 11.8. The number of aromatic hydroxyl groups is 2. The van der Waals surface area contributed by atoms with E-state index in [0.29, 0.717) is 18.1 Å². The summed E-state index contributed by atoms with van der Waals surface area (Å²) in [5.74, 6) is 1.17.